The first kappa shape index (κ1) is 18.2. The van der Waals surface area contributed by atoms with Crippen LogP contribution in [-0.2, 0) is 13.7 Å². The zero-order valence-corrected chi connectivity index (χ0v) is 11.9. The van der Waals surface area contributed by atoms with Gasteiger partial charge in [-0.05, 0) is 25.8 Å². The first-order chi connectivity index (χ1) is 7.73. The highest BCUT2D eigenvalue weighted by atomic mass is 31.3. The van der Waals surface area contributed by atoms with Gasteiger partial charge >= 0.3 is 22.8 Å². The van der Waals surface area contributed by atoms with E-state index in [2.05, 4.69) is 6.92 Å². The molecule has 18 heavy (non-hydrogen) atoms. The van der Waals surface area contributed by atoms with Crippen molar-refractivity contribution >= 4 is 22.8 Å². The van der Waals surface area contributed by atoms with E-state index in [1.54, 1.807) is 0 Å². The van der Waals surface area contributed by atoms with Crippen molar-refractivity contribution in [1.82, 2.24) is 0 Å². The maximum absolute atomic E-state index is 11.3. The molecule has 0 saturated heterocycles. The van der Waals surface area contributed by atoms with E-state index in [4.69, 9.17) is 29.4 Å². The van der Waals surface area contributed by atoms with Crippen molar-refractivity contribution in [2.45, 2.75) is 18.0 Å². The minimum absolute atomic E-state index is 0.159. The van der Waals surface area contributed by atoms with Crippen molar-refractivity contribution in [3.63, 3.8) is 0 Å². The Morgan fingerprint density at radius 1 is 1.00 bits per heavy atom. The van der Waals surface area contributed by atoms with Crippen LogP contribution in [0, 0.1) is 6.92 Å². The van der Waals surface area contributed by atoms with Gasteiger partial charge in [0.15, 0.2) is 0 Å². The lowest BCUT2D eigenvalue weighted by Gasteiger charge is -2.35. The maximum Gasteiger partial charge on any atom is 0.360 e. The molecule has 0 aromatic rings. The molecule has 0 spiro atoms. The third-order valence-electron chi connectivity index (χ3n) is 2.20. The van der Waals surface area contributed by atoms with Gasteiger partial charge in [-0.15, -0.1) is 0 Å². The molecule has 6 N–H and O–H groups in total. The SMILES string of the molecule is [CH2]CC=C(C)C(P(=O)(O)O)(P(=O)(O)O)P(=O)(O)O. The number of hydrogen-bond acceptors (Lipinski definition) is 3. The van der Waals surface area contributed by atoms with Gasteiger partial charge in [-0.3, -0.25) is 13.7 Å². The van der Waals surface area contributed by atoms with Gasteiger partial charge in [0.25, 0.3) is 4.64 Å². The second-order valence-corrected chi connectivity index (χ2v) is 9.78. The van der Waals surface area contributed by atoms with E-state index in [0.29, 0.717) is 0 Å². The Kier molecular flexibility index (Phi) is 5.34. The third kappa shape index (κ3) is 2.85. The molecule has 0 atom stereocenters. The summed E-state index contributed by atoms with van der Waals surface area (Å²) in [4.78, 5) is 54.4. The van der Waals surface area contributed by atoms with Crippen LogP contribution < -0.4 is 0 Å². The molecule has 0 saturated carbocycles. The first-order valence-corrected chi connectivity index (χ1v) is 9.20. The lowest BCUT2D eigenvalue weighted by Crippen LogP contribution is -2.30. The summed E-state index contributed by atoms with van der Waals surface area (Å²) in [5.41, 5.74) is -0.799. The van der Waals surface area contributed by atoms with Crippen LogP contribution in [0.1, 0.15) is 13.3 Å². The number of hydrogen-bond donors (Lipinski definition) is 6. The van der Waals surface area contributed by atoms with E-state index >= 15 is 0 Å². The summed E-state index contributed by atoms with van der Waals surface area (Å²) < 4.78 is 30.1. The fourth-order valence-corrected chi connectivity index (χ4v) is 7.28. The van der Waals surface area contributed by atoms with E-state index in [1.807, 2.05) is 0 Å². The molecule has 0 aliphatic heterocycles. The van der Waals surface area contributed by atoms with Crippen LogP contribution in [0.4, 0.5) is 0 Å². The van der Waals surface area contributed by atoms with Crippen LogP contribution in [0.25, 0.3) is 0 Å². The van der Waals surface area contributed by atoms with Gasteiger partial charge in [-0.2, -0.15) is 0 Å². The van der Waals surface area contributed by atoms with Gasteiger partial charge in [0.2, 0.25) is 0 Å². The van der Waals surface area contributed by atoms with Crippen LogP contribution in [0.15, 0.2) is 11.6 Å². The van der Waals surface area contributed by atoms with E-state index < -0.39 is 33.0 Å². The summed E-state index contributed by atoms with van der Waals surface area (Å²) in [5.74, 6) is 0. The minimum Gasteiger partial charge on any atom is -0.323 e. The molecule has 0 aliphatic rings. The van der Waals surface area contributed by atoms with Crippen molar-refractivity contribution in [3.8, 4) is 0 Å². The highest BCUT2D eigenvalue weighted by Gasteiger charge is 2.72. The third-order valence-corrected chi connectivity index (χ3v) is 10.4. The molecule has 1 radical (unpaired) electrons. The van der Waals surface area contributed by atoms with Crippen LogP contribution >= 0.6 is 22.8 Å². The van der Waals surface area contributed by atoms with E-state index in [9.17, 15) is 13.7 Å². The molecule has 107 valence electrons. The van der Waals surface area contributed by atoms with E-state index in [-0.39, 0.29) is 6.42 Å². The highest BCUT2D eigenvalue weighted by Crippen LogP contribution is 2.85. The minimum atomic E-state index is -5.86. The van der Waals surface area contributed by atoms with Gasteiger partial charge in [-0.1, -0.05) is 6.08 Å². The molecule has 0 aromatic carbocycles. The van der Waals surface area contributed by atoms with Crippen molar-refractivity contribution in [2.75, 3.05) is 0 Å². The predicted molar refractivity (Wildman–Crippen MR) is 62.6 cm³/mol. The lowest BCUT2D eigenvalue weighted by atomic mass is 10.3. The zero-order valence-electron chi connectivity index (χ0n) is 9.24. The molecule has 9 nitrogen and oxygen atoms in total. The molecule has 0 bridgehead atoms. The second-order valence-electron chi connectivity index (χ2n) is 3.44. The Morgan fingerprint density at radius 2 is 1.28 bits per heavy atom. The number of allylic oxidation sites excluding steroid dienone is 2. The van der Waals surface area contributed by atoms with Crippen molar-refractivity contribution in [3.05, 3.63) is 18.6 Å². The number of rotatable bonds is 5. The van der Waals surface area contributed by atoms with Crippen molar-refractivity contribution in [2.24, 2.45) is 0 Å². The monoisotopic (exact) mass is 323 g/mol. The van der Waals surface area contributed by atoms with Crippen molar-refractivity contribution < 1.29 is 43.1 Å². The standard InChI is InChI=1S/C6H14O9P3/c1-3-4-5(2)6(16(7,8)9,17(10,11)12)18(13,14)15/h4H,1,3H2,2H3,(H2,7,8,9)(H2,10,11,12)(H2,13,14,15). The molecule has 12 heteroatoms. The van der Waals surface area contributed by atoms with Crippen LogP contribution in [-0.4, -0.2) is 34.0 Å². The Hall–Kier alpha value is 0.190. The maximum atomic E-state index is 11.3. The average molecular weight is 323 g/mol. The Morgan fingerprint density at radius 3 is 1.44 bits per heavy atom. The highest BCUT2D eigenvalue weighted by molar-refractivity contribution is 7.89. The topological polar surface area (TPSA) is 173 Å². The fraction of sp³-hybridized carbons (Fsp3) is 0.500. The Bertz CT molecular complexity index is 421. The Labute approximate surface area is 103 Å². The summed E-state index contributed by atoms with van der Waals surface area (Å²) in [5, 5.41) is 0. The molecular formula is C6H14O9P3. The second kappa shape index (κ2) is 5.29. The summed E-state index contributed by atoms with van der Waals surface area (Å²) >= 11 is 0. The van der Waals surface area contributed by atoms with Gasteiger partial charge in [0.1, 0.15) is 0 Å². The van der Waals surface area contributed by atoms with Gasteiger partial charge < -0.3 is 29.4 Å². The molecule has 0 amide bonds. The molecule has 0 fully saturated rings. The smallest absolute Gasteiger partial charge is 0.323 e. The van der Waals surface area contributed by atoms with Gasteiger partial charge in [0.05, 0.1) is 0 Å². The molecule has 0 aromatic heterocycles. The summed E-state index contributed by atoms with van der Waals surface area (Å²) in [6.45, 7) is 4.07. The van der Waals surface area contributed by atoms with E-state index in [0.717, 1.165) is 13.0 Å². The molecule has 0 heterocycles. The first-order valence-electron chi connectivity index (χ1n) is 4.37. The normalized spacial score (nSPS) is 15.9. The lowest BCUT2D eigenvalue weighted by molar-refractivity contribution is 0.309. The van der Waals surface area contributed by atoms with Crippen LogP contribution in [0.2, 0.25) is 0 Å². The Balaban J connectivity index is 6.68. The fourth-order valence-electron chi connectivity index (χ4n) is 1.55. The average Bonchev–Trinajstić information content (AvgIpc) is 1.94. The quantitative estimate of drug-likeness (QED) is 0.308. The predicted octanol–water partition coefficient (Wildman–Crippen LogP) is 0.344. The molecule has 0 unspecified atom stereocenters. The molecule has 0 aliphatic carbocycles. The van der Waals surface area contributed by atoms with Crippen LogP contribution in [0.5, 0.6) is 0 Å². The molecule has 0 rings (SSSR count). The van der Waals surface area contributed by atoms with Gasteiger partial charge in [-0.25, -0.2) is 0 Å². The van der Waals surface area contributed by atoms with Gasteiger partial charge in [0, 0.05) is 0 Å². The van der Waals surface area contributed by atoms with E-state index in [1.165, 1.54) is 0 Å². The molecular weight excluding hydrogens is 309 g/mol. The largest absolute Gasteiger partial charge is 0.360 e. The van der Waals surface area contributed by atoms with Crippen molar-refractivity contribution in [1.29, 1.82) is 0 Å². The summed E-state index contributed by atoms with van der Waals surface area (Å²) in [6, 6.07) is 0. The zero-order chi connectivity index (χ0) is 15.0. The summed E-state index contributed by atoms with van der Waals surface area (Å²) in [7, 11) is -17.6. The summed E-state index contributed by atoms with van der Waals surface area (Å²) in [6.07, 6.45) is 0.685. The van der Waals surface area contributed by atoms with Crippen LogP contribution in [0.3, 0.4) is 0 Å².